The highest BCUT2D eigenvalue weighted by Gasteiger charge is 2.22. The van der Waals surface area contributed by atoms with Crippen LogP contribution in [0.1, 0.15) is 34.6 Å². The number of aliphatic imine (C=N–C) groups is 1. The Balaban J connectivity index is 0.00000151. The first kappa shape index (κ1) is 21.1. The molecule has 0 amide bonds. The molecule has 0 fully saturated rings. The van der Waals surface area contributed by atoms with Gasteiger partial charge in [0, 0.05) is 18.4 Å². The second-order valence-electron chi connectivity index (χ2n) is 5.63. The molecule has 1 heterocycles. The summed E-state index contributed by atoms with van der Waals surface area (Å²) in [5.41, 5.74) is 5.57. The van der Waals surface area contributed by atoms with Crippen LogP contribution in [-0.4, -0.2) is 18.5 Å². The maximum atomic E-state index is 4.43. The maximum absolute atomic E-state index is 4.43. The zero-order valence-electron chi connectivity index (χ0n) is 16.6. The molecule has 25 heavy (non-hydrogen) atoms. The van der Waals surface area contributed by atoms with Crippen LogP contribution in [0.5, 0.6) is 0 Å². The molecular weight excluding hydrogens is 326 g/mol. The predicted octanol–water partition coefficient (Wildman–Crippen LogP) is 5.80. The lowest BCUT2D eigenvalue weighted by Crippen LogP contribution is -2.33. The van der Waals surface area contributed by atoms with Crippen molar-refractivity contribution in [1.82, 2.24) is 5.32 Å². The summed E-state index contributed by atoms with van der Waals surface area (Å²) in [4.78, 5) is 6.53. The van der Waals surface area contributed by atoms with Crippen LogP contribution in [-0.2, 0) is 0 Å². The molecule has 0 bridgehead atoms. The van der Waals surface area contributed by atoms with E-state index in [1.165, 1.54) is 11.3 Å². The number of anilines is 1. The van der Waals surface area contributed by atoms with Gasteiger partial charge in [-0.15, -0.1) is 0 Å². The van der Waals surface area contributed by atoms with E-state index in [0.29, 0.717) is 5.92 Å². The van der Waals surface area contributed by atoms with Gasteiger partial charge in [-0.1, -0.05) is 63.4 Å². The van der Waals surface area contributed by atoms with Crippen molar-refractivity contribution >= 4 is 22.6 Å². The van der Waals surface area contributed by atoms with Gasteiger partial charge in [0.1, 0.15) is 0 Å². The van der Waals surface area contributed by atoms with Crippen molar-refractivity contribution < 1.29 is 0 Å². The lowest BCUT2D eigenvalue weighted by atomic mass is 9.95. The SMILES string of the molecule is C=C(C1=CC(C)C(C)=C(C)N1)N(C(=NC)SC)c1ccccc1.CC. The van der Waals surface area contributed by atoms with Crippen molar-refractivity contribution in [2.45, 2.75) is 34.6 Å². The number of dihydropyridines is 1. The van der Waals surface area contributed by atoms with Gasteiger partial charge in [-0.3, -0.25) is 9.89 Å². The zero-order chi connectivity index (χ0) is 19.0. The number of allylic oxidation sites excluding steroid dienone is 3. The van der Waals surface area contributed by atoms with Crippen molar-refractivity contribution in [2.75, 3.05) is 18.2 Å². The van der Waals surface area contributed by atoms with Gasteiger partial charge in [-0.2, -0.15) is 0 Å². The third-order valence-electron chi connectivity index (χ3n) is 4.17. The molecule has 3 nitrogen and oxygen atoms in total. The number of rotatable bonds is 3. The van der Waals surface area contributed by atoms with Gasteiger partial charge in [-0.25, -0.2) is 0 Å². The Morgan fingerprint density at radius 1 is 1.20 bits per heavy atom. The fourth-order valence-corrected chi connectivity index (χ4v) is 3.17. The molecule has 0 aliphatic carbocycles. The molecule has 1 atom stereocenters. The van der Waals surface area contributed by atoms with E-state index in [-0.39, 0.29) is 0 Å². The highest BCUT2D eigenvalue weighted by Crippen LogP contribution is 2.30. The third-order valence-corrected chi connectivity index (χ3v) is 4.90. The van der Waals surface area contributed by atoms with E-state index in [9.17, 15) is 0 Å². The Morgan fingerprint density at radius 2 is 1.80 bits per heavy atom. The van der Waals surface area contributed by atoms with Gasteiger partial charge < -0.3 is 5.32 Å². The van der Waals surface area contributed by atoms with E-state index in [0.717, 1.165) is 22.2 Å². The number of nitrogens with one attached hydrogen (secondary N) is 1. The average molecular weight is 358 g/mol. The number of benzene rings is 1. The molecule has 1 aliphatic rings. The normalized spacial score (nSPS) is 17.2. The molecule has 0 radical (unpaired) electrons. The van der Waals surface area contributed by atoms with Crippen molar-refractivity contribution in [1.29, 1.82) is 0 Å². The van der Waals surface area contributed by atoms with Crippen molar-refractivity contribution in [3.05, 3.63) is 65.7 Å². The predicted molar refractivity (Wildman–Crippen MR) is 115 cm³/mol. The summed E-state index contributed by atoms with van der Waals surface area (Å²) in [5, 5.41) is 4.40. The summed E-state index contributed by atoms with van der Waals surface area (Å²) in [6.45, 7) is 14.8. The quantitative estimate of drug-likeness (QED) is 0.547. The lowest BCUT2D eigenvalue weighted by molar-refractivity contribution is 0.756. The third kappa shape index (κ3) is 5.02. The highest BCUT2D eigenvalue weighted by atomic mass is 32.2. The van der Waals surface area contributed by atoms with Crippen LogP contribution < -0.4 is 10.2 Å². The van der Waals surface area contributed by atoms with Gasteiger partial charge in [-0.05, 0) is 43.7 Å². The molecule has 1 N–H and O–H groups in total. The van der Waals surface area contributed by atoms with E-state index >= 15 is 0 Å². The minimum Gasteiger partial charge on any atom is -0.358 e. The van der Waals surface area contributed by atoms with Gasteiger partial charge in [0.05, 0.1) is 11.4 Å². The number of hydrogen-bond donors (Lipinski definition) is 1. The molecule has 2 rings (SSSR count). The van der Waals surface area contributed by atoms with Crippen molar-refractivity contribution in [3.63, 3.8) is 0 Å². The molecule has 1 aromatic rings. The minimum atomic E-state index is 0.400. The van der Waals surface area contributed by atoms with Gasteiger partial charge in [0.25, 0.3) is 0 Å². The van der Waals surface area contributed by atoms with Crippen LogP contribution in [0, 0.1) is 5.92 Å². The Kier molecular flexibility index (Phi) is 8.56. The molecule has 1 aromatic carbocycles. The molecule has 0 saturated heterocycles. The molecular formula is C21H31N3S. The van der Waals surface area contributed by atoms with Crippen LogP contribution in [0.4, 0.5) is 5.69 Å². The fourth-order valence-electron chi connectivity index (χ4n) is 2.59. The van der Waals surface area contributed by atoms with Crippen LogP contribution in [0.2, 0.25) is 0 Å². The highest BCUT2D eigenvalue weighted by molar-refractivity contribution is 8.13. The van der Waals surface area contributed by atoms with E-state index < -0.39 is 0 Å². The number of hydrogen-bond acceptors (Lipinski definition) is 3. The molecule has 1 aliphatic heterocycles. The smallest absolute Gasteiger partial charge is 0.167 e. The number of amidine groups is 1. The fraction of sp³-hybridized carbons (Fsp3) is 0.381. The number of para-hydroxylation sites is 1. The molecule has 0 aromatic heterocycles. The van der Waals surface area contributed by atoms with E-state index in [2.05, 4.69) is 60.8 Å². The van der Waals surface area contributed by atoms with Crippen LogP contribution in [0.15, 0.2) is 70.6 Å². The van der Waals surface area contributed by atoms with Crippen LogP contribution >= 0.6 is 11.8 Å². The van der Waals surface area contributed by atoms with Gasteiger partial charge >= 0.3 is 0 Å². The largest absolute Gasteiger partial charge is 0.358 e. The second-order valence-corrected chi connectivity index (χ2v) is 6.40. The monoisotopic (exact) mass is 357 g/mol. The maximum Gasteiger partial charge on any atom is 0.167 e. The molecule has 4 heteroatoms. The second kappa shape index (κ2) is 10.1. The summed E-state index contributed by atoms with van der Waals surface area (Å²) >= 11 is 1.62. The standard InChI is InChI=1S/C19H25N3S.C2H6/c1-13-12-18(21-15(3)14(13)2)16(4)22(19(20-5)23-6)17-10-8-7-9-11-17;1-2/h7-13,21H,4H2,1-3,5-6H3;1-2H3. The number of thioether (sulfide) groups is 1. The van der Waals surface area contributed by atoms with Crippen LogP contribution in [0.3, 0.4) is 0 Å². The van der Waals surface area contributed by atoms with Crippen LogP contribution in [0.25, 0.3) is 0 Å². The Labute approximate surface area is 157 Å². The Bertz CT molecular complexity index is 672. The summed E-state index contributed by atoms with van der Waals surface area (Å²) in [6.07, 6.45) is 4.26. The van der Waals surface area contributed by atoms with E-state index in [4.69, 9.17) is 0 Å². The van der Waals surface area contributed by atoms with Crippen molar-refractivity contribution in [2.24, 2.45) is 10.9 Å². The summed E-state index contributed by atoms with van der Waals surface area (Å²) in [6, 6.07) is 10.2. The first-order chi connectivity index (χ1) is 12.0. The van der Waals surface area contributed by atoms with Gasteiger partial charge in [0.15, 0.2) is 5.17 Å². The van der Waals surface area contributed by atoms with Gasteiger partial charge in [0.2, 0.25) is 0 Å². The topological polar surface area (TPSA) is 27.6 Å². The molecule has 136 valence electrons. The summed E-state index contributed by atoms with van der Waals surface area (Å²) in [7, 11) is 1.82. The van der Waals surface area contributed by atoms with Crippen molar-refractivity contribution in [3.8, 4) is 0 Å². The average Bonchev–Trinajstić information content (AvgIpc) is 2.65. The molecule has 0 saturated carbocycles. The van der Waals surface area contributed by atoms with E-state index in [1.807, 2.05) is 45.4 Å². The zero-order valence-corrected chi connectivity index (χ0v) is 17.4. The first-order valence-corrected chi connectivity index (χ1v) is 9.93. The molecule has 1 unspecified atom stereocenters. The molecule has 0 spiro atoms. The summed E-state index contributed by atoms with van der Waals surface area (Å²) < 4.78 is 0. The minimum absolute atomic E-state index is 0.400. The Morgan fingerprint density at radius 3 is 2.28 bits per heavy atom. The number of nitrogens with zero attached hydrogens (tertiary/aromatic N) is 2. The first-order valence-electron chi connectivity index (χ1n) is 8.71. The lowest BCUT2D eigenvalue weighted by Gasteiger charge is -2.32. The Hall–Kier alpha value is -1.94. The summed E-state index contributed by atoms with van der Waals surface area (Å²) in [5.74, 6) is 0.400. The van der Waals surface area contributed by atoms with E-state index in [1.54, 1.807) is 11.8 Å².